The largest absolute Gasteiger partial charge is 0.454 e. The molecule has 19 heavy (non-hydrogen) atoms. The van der Waals surface area contributed by atoms with E-state index in [0.29, 0.717) is 34.0 Å². The Morgan fingerprint density at radius 3 is 2.79 bits per heavy atom. The maximum atomic E-state index is 13.2. The lowest BCUT2D eigenvalue weighted by Gasteiger charge is -2.13. The molecule has 0 spiro atoms. The second-order valence-electron chi connectivity index (χ2n) is 3.94. The van der Waals surface area contributed by atoms with Gasteiger partial charge in [-0.25, -0.2) is 4.39 Å². The molecule has 0 saturated carbocycles. The third kappa shape index (κ3) is 3.47. The van der Waals surface area contributed by atoms with Gasteiger partial charge in [-0.1, -0.05) is 23.7 Å². The third-order valence-electron chi connectivity index (χ3n) is 2.57. The van der Waals surface area contributed by atoms with Crippen LogP contribution in [0.5, 0.6) is 11.5 Å². The molecule has 2 nitrogen and oxygen atoms in total. The molecule has 2 aromatic rings. The average molecular weight is 345 g/mol. The first-order valence-corrected chi connectivity index (χ1v) is 6.89. The summed E-state index contributed by atoms with van der Waals surface area (Å²) in [5, 5.41) is 0.474. The summed E-state index contributed by atoms with van der Waals surface area (Å²) in [7, 11) is 0. The van der Waals surface area contributed by atoms with Crippen LogP contribution in [-0.2, 0) is 6.42 Å². The average Bonchev–Trinajstić information content (AvgIpc) is 2.38. The molecule has 0 bridgehead atoms. The van der Waals surface area contributed by atoms with Crippen molar-refractivity contribution in [2.75, 3.05) is 6.54 Å². The van der Waals surface area contributed by atoms with Crippen molar-refractivity contribution < 1.29 is 9.13 Å². The number of rotatable bonds is 4. The highest BCUT2D eigenvalue weighted by Crippen LogP contribution is 2.36. The van der Waals surface area contributed by atoms with Gasteiger partial charge in [-0.2, -0.15) is 0 Å². The van der Waals surface area contributed by atoms with Crippen molar-refractivity contribution in [1.82, 2.24) is 0 Å². The molecular weight excluding hydrogens is 333 g/mol. The van der Waals surface area contributed by atoms with Gasteiger partial charge in [0.25, 0.3) is 0 Å². The van der Waals surface area contributed by atoms with Gasteiger partial charge in [-0.05, 0) is 52.7 Å². The minimum atomic E-state index is -0.370. The van der Waals surface area contributed by atoms with Crippen molar-refractivity contribution in [3.8, 4) is 11.5 Å². The molecule has 0 saturated heterocycles. The third-order valence-corrected chi connectivity index (χ3v) is 3.52. The molecule has 0 amide bonds. The van der Waals surface area contributed by atoms with Crippen LogP contribution in [0.25, 0.3) is 0 Å². The van der Waals surface area contributed by atoms with Crippen LogP contribution in [0, 0.1) is 5.82 Å². The van der Waals surface area contributed by atoms with Gasteiger partial charge < -0.3 is 10.5 Å². The summed E-state index contributed by atoms with van der Waals surface area (Å²) in [6, 6.07) is 9.69. The minimum Gasteiger partial charge on any atom is -0.454 e. The number of ether oxygens (including phenoxy) is 1. The second kappa shape index (κ2) is 6.37. The molecule has 0 atom stereocenters. The molecule has 100 valence electrons. The fourth-order valence-corrected chi connectivity index (χ4v) is 2.25. The summed E-state index contributed by atoms with van der Waals surface area (Å²) in [5.41, 5.74) is 6.45. The zero-order chi connectivity index (χ0) is 13.8. The Morgan fingerprint density at radius 1 is 1.26 bits per heavy atom. The predicted molar refractivity (Wildman–Crippen MR) is 78.4 cm³/mol. The van der Waals surface area contributed by atoms with Crippen LogP contribution in [0.15, 0.2) is 40.9 Å². The molecule has 0 unspecified atom stereocenters. The fraction of sp³-hybridized carbons (Fsp3) is 0.143. The van der Waals surface area contributed by atoms with Crippen molar-refractivity contribution in [1.29, 1.82) is 0 Å². The van der Waals surface area contributed by atoms with E-state index in [9.17, 15) is 4.39 Å². The maximum Gasteiger partial charge on any atom is 0.149 e. The van der Waals surface area contributed by atoms with E-state index in [1.165, 1.54) is 12.1 Å². The van der Waals surface area contributed by atoms with Crippen LogP contribution in [0.3, 0.4) is 0 Å². The normalized spacial score (nSPS) is 10.5. The van der Waals surface area contributed by atoms with Crippen molar-refractivity contribution in [2.24, 2.45) is 5.73 Å². The molecular formula is C14H12BrClFNO. The lowest BCUT2D eigenvalue weighted by atomic mass is 10.1. The molecule has 2 rings (SSSR count). The Hall–Kier alpha value is -1.10. The van der Waals surface area contributed by atoms with E-state index in [1.54, 1.807) is 12.1 Å². The van der Waals surface area contributed by atoms with Crippen molar-refractivity contribution in [3.05, 3.63) is 57.3 Å². The number of nitrogens with two attached hydrogens (primary N) is 1. The first-order valence-electron chi connectivity index (χ1n) is 5.72. The number of hydrogen-bond acceptors (Lipinski definition) is 2. The highest BCUT2D eigenvalue weighted by atomic mass is 79.9. The Kier molecular flexibility index (Phi) is 4.80. The first-order chi connectivity index (χ1) is 9.11. The lowest BCUT2D eigenvalue weighted by Crippen LogP contribution is -2.04. The van der Waals surface area contributed by atoms with Gasteiger partial charge in [0.05, 0.1) is 9.50 Å². The summed E-state index contributed by atoms with van der Waals surface area (Å²) in [5.74, 6) is 0.526. The number of halogens is 3. The predicted octanol–water partition coefficient (Wildman–Crippen LogP) is 4.54. The molecule has 0 fully saturated rings. The number of hydrogen-bond donors (Lipinski definition) is 1. The standard InChI is InChI=1S/C14H12BrClFNO/c15-11-5-4-10(17)8-13(11)19-14-9(6-7-18)2-1-3-12(14)16/h1-5,8H,6-7,18H2. The van der Waals surface area contributed by atoms with Gasteiger partial charge in [-0.3, -0.25) is 0 Å². The van der Waals surface area contributed by atoms with Crippen LogP contribution in [0.4, 0.5) is 4.39 Å². The molecule has 0 radical (unpaired) electrons. The van der Waals surface area contributed by atoms with Gasteiger partial charge >= 0.3 is 0 Å². The highest BCUT2D eigenvalue weighted by Gasteiger charge is 2.11. The molecule has 0 aromatic heterocycles. The van der Waals surface area contributed by atoms with Gasteiger partial charge in [0.1, 0.15) is 17.3 Å². The zero-order valence-electron chi connectivity index (χ0n) is 10.00. The fourth-order valence-electron chi connectivity index (χ4n) is 1.69. The molecule has 0 aliphatic heterocycles. The molecule has 0 aliphatic rings. The van der Waals surface area contributed by atoms with Gasteiger partial charge in [-0.15, -0.1) is 0 Å². The van der Waals surface area contributed by atoms with Crippen LogP contribution in [0.2, 0.25) is 5.02 Å². The monoisotopic (exact) mass is 343 g/mol. The molecule has 2 N–H and O–H groups in total. The van der Waals surface area contributed by atoms with Crippen LogP contribution in [0.1, 0.15) is 5.56 Å². The van der Waals surface area contributed by atoms with Gasteiger partial charge in [0, 0.05) is 6.07 Å². The summed E-state index contributed by atoms with van der Waals surface area (Å²) >= 11 is 9.45. The summed E-state index contributed by atoms with van der Waals surface area (Å²) in [6.45, 7) is 0.487. The number of benzene rings is 2. The molecule has 2 aromatic carbocycles. The lowest BCUT2D eigenvalue weighted by molar-refractivity contribution is 0.468. The Bertz CT molecular complexity index is 592. The topological polar surface area (TPSA) is 35.2 Å². The Balaban J connectivity index is 2.39. The summed E-state index contributed by atoms with van der Waals surface area (Å²) in [4.78, 5) is 0. The summed E-state index contributed by atoms with van der Waals surface area (Å²) in [6.07, 6.45) is 0.642. The van der Waals surface area contributed by atoms with E-state index in [-0.39, 0.29) is 5.82 Å². The van der Waals surface area contributed by atoms with E-state index in [1.807, 2.05) is 12.1 Å². The summed E-state index contributed by atoms with van der Waals surface area (Å²) < 4.78 is 19.6. The second-order valence-corrected chi connectivity index (χ2v) is 5.21. The maximum absolute atomic E-state index is 13.2. The van der Waals surface area contributed by atoms with Gasteiger partial charge in [0.15, 0.2) is 0 Å². The van der Waals surface area contributed by atoms with Crippen molar-refractivity contribution >= 4 is 27.5 Å². The van der Waals surface area contributed by atoms with Crippen LogP contribution >= 0.6 is 27.5 Å². The van der Waals surface area contributed by atoms with E-state index < -0.39 is 0 Å². The molecule has 5 heteroatoms. The molecule has 0 aliphatic carbocycles. The smallest absolute Gasteiger partial charge is 0.149 e. The number of para-hydroxylation sites is 1. The van der Waals surface area contributed by atoms with Crippen LogP contribution < -0.4 is 10.5 Å². The first kappa shape index (κ1) is 14.3. The quantitative estimate of drug-likeness (QED) is 0.884. The SMILES string of the molecule is NCCc1cccc(Cl)c1Oc1cc(F)ccc1Br. The van der Waals surface area contributed by atoms with E-state index in [4.69, 9.17) is 22.1 Å². The van der Waals surface area contributed by atoms with Crippen molar-refractivity contribution in [3.63, 3.8) is 0 Å². The zero-order valence-corrected chi connectivity index (χ0v) is 12.3. The van der Waals surface area contributed by atoms with Crippen molar-refractivity contribution in [2.45, 2.75) is 6.42 Å². The highest BCUT2D eigenvalue weighted by molar-refractivity contribution is 9.10. The Morgan fingerprint density at radius 2 is 2.05 bits per heavy atom. The minimum absolute atomic E-state index is 0.370. The molecule has 0 heterocycles. The van der Waals surface area contributed by atoms with E-state index in [0.717, 1.165) is 5.56 Å². The van der Waals surface area contributed by atoms with Gasteiger partial charge in [0.2, 0.25) is 0 Å². The van der Waals surface area contributed by atoms with E-state index in [2.05, 4.69) is 15.9 Å². The van der Waals surface area contributed by atoms with E-state index >= 15 is 0 Å². The van der Waals surface area contributed by atoms with Crippen LogP contribution in [-0.4, -0.2) is 6.54 Å². The Labute approximate surface area is 124 Å².